The van der Waals surface area contributed by atoms with E-state index in [2.05, 4.69) is 5.32 Å². The Morgan fingerprint density at radius 2 is 1.71 bits per heavy atom. The van der Waals surface area contributed by atoms with Crippen LogP contribution >= 0.6 is 23.8 Å². The maximum absolute atomic E-state index is 13.5. The van der Waals surface area contributed by atoms with Crippen molar-refractivity contribution < 1.29 is 14.3 Å². The molecule has 1 saturated heterocycles. The summed E-state index contributed by atoms with van der Waals surface area (Å²) in [5, 5.41) is 3.80. The number of halogens is 1. The van der Waals surface area contributed by atoms with Crippen LogP contribution < -0.4 is 15.0 Å². The first-order valence-electron chi connectivity index (χ1n) is 11.4. The molecule has 2 amide bonds. The van der Waals surface area contributed by atoms with Gasteiger partial charge in [0.15, 0.2) is 5.11 Å². The van der Waals surface area contributed by atoms with Gasteiger partial charge in [-0.1, -0.05) is 48.9 Å². The average molecular weight is 508 g/mol. The molecule has 1 heterocycles. The molecule has 8 heteroatoms. The van der Waals surface area contributed by atoms with E-state index in [1.807, 2.05) is 54.3 Å². The van der Waals surface area contributed by atoms with Gasteiger partial charge in [0.1, 0.15) is 11.8 Å². The fourth-order valence-electron chi connectivity index (χ4n) is 3.86. The highest BCUT2D eigenvalue weighted by molar-refractivity contribution is 7.80. The van der Waals surface area contributed by atoms with E-state index in [1.165, 1.54) is 4.90 Å². The van der Waals surface area contributed by atoms with Gasteiger partial charge in [0.25, 0.3) is 5.91 Å². The van der Waals surface area contributed by atoms with Crippen LogP contribution in [0.3, 0.4) is 0 Å². The van der Waals surface area contributed by atoms with Crippen molar-refractivity contribution in [3.8, 4) is 5.75 Å². The molecule has 35 heavy (non-hydrogen) atoms. The minimum Gasteiger partial charge on any atom is -0.494 e. The zero-order valence-corrected chi connectivity index (χ0v) is 20.9. The zero-order chi connectivity index (χ0) is 24.8. The number of amides is 2. The van der Waals surface area contributed by atoms with Gasteiger partial charge in [0.05, 0.1) is 18.7 Å². The van der Waals surface area contributed by atoms with Crippen molar-refractivity contribution in [2.75, 3.05) is 16.8 Å². The van der Waals surface area contributed by atoms with Crippen LogP contribution in [0.25, 0.3) is 0 Å². The van der Waals surface area contributed by atoms with E-state index in [0.29, 0.717) is 34.7 Å². The number of hydrogen-bond acceptors (Lipinski definition) is 4. The van der Waals surface area contributed by atoms with E-state index in [9.17, 15) is 9.59 Å². The quantitative estimate of drug-likeness (QED) is 0.379. The molecule has 180 valence electrons. The van der Waals surface area contributed by atoms with Gasteiger partial charge in [-0.15, -0.1) is 0 Å². The Kier molecular flexibility index (Phi) is 8.00. The van der Waals surface area contributed by atoms with Crippen LogP contribution in [0.1, 0.15) is 25.3 Å². The SMILES string of the molecule is CCCOc1ccc(NC(=O)CC2C(=O)N(c3ccc(Cl)cc3)C(=S)N2Cc2ccccc2)cc1. The van der Waals surface area contributed by atoms with Gasteiger partial charge in [-0.05, 0) is 72.7 Å². The molecular weight excluding hydrogens is 482 g/mol. The maximum atomic E-state index is 13.5. The van der Waals surface area contributed by atoms with Crippen molar-refractivity contribution in [3.63, 3.8) is 0 Å². The van der Waals surface area contributed by atoms with E-state index >= 15 is 0 Å². The van der Waals surface area contributed by atoms with E-state index in [4.69, 9.17) is 28.6 Å². The highest BCUT2D eigenvalue weighted by Crippen LogP contribution is 2.30. The highest BCUT2D eigenvalue weighted by Gasteiger charge is 2.44. The van der Waals surface area contributed by atoms with Gasteiger partial charge in [0.2, 0.25) is 5.91 Å². The largest absolute Gasteiger partial charge is 0.494 e. The van der Waals surface area contributed by atoms with Crippen molar-refractivity contribution in [1.82, 2.24) is 4.90 Å². The standard InChI is InChI=1S/C27H26ClN3O3S/c1-2-16-34-23-14-10-21(11-15-23)29-25(32)17-24-26(33)31(22-12-8-20(28)9-13-22)27(35)30(24)18-19-6-4-3-5-7-19/h3-15,24H,2,16-18H2,1H3,(H,29,32). The number of ether oxygens (including phenoxy) is 1. The summed E-state index contributed by atoms with van der Waals surface area (Å²) in [6, 6.07) is 23.1. The lowest BCUT2D eigenvalue weighted by atomic mass is 10.1. The van der Waals surface area contributed by atoms with Crippen LogP contribution in [-0.4, -0.2) is 34.5 Å². The van der Waals surface area contributed by atoms with Gasteiger partial charge >= 0.3 is 0 Å². The van der Waals surface area contributed by atoms with E-state index in [0.717, 1.165) is 17.7 Å². The molecule has 0 radical (unpaired) electrons. The molecule has 0 bridgehead atoms. The normalized spacial score (nSPS) is 15.4. The zero-order valence-electron chi connectivity index (χ0n) is 19.3. The maximum Gasteiger partial charge on any atom is 0.256 e. The van der Waals surface area contributed by atoms with Gasteiger partial charge < -0.3 is 15.0 Å². The van der Waals surface area contributed by atoms with Crippen molar-refractivity contribution in [1.29, 1.82) is 0 Å². The second kappa shape index (κ2) is 11.3. The number of hydrogen-bond donors (Lipinski definition) is 1. The van der Waals surface area contributed by atoms with Crippen molar-refractivity contribution in [3.05, 3.63) is 89.4 Å². The Labute approximate surface area is 215 Å². The van der Waals surface area contributed by atoms with Crippen molar-refractivity contribution >= 4 is 52.1 Å². The van der Waals surface area contributed by atoms with Gasteiger partial charge in [-0.3, -0.25) is 14.5 Å². The lowest BCUT2D eigenvalue weighted by molar-refractivity contribution is -0.124. The van der Waals surface area contributed by atoms with E-state index < -0.39 is 6.04 Å². The van der Waals surface area contributed by atoms with Gasteiger partial charge in [-0.2, -0.15) is 0 Å². The number of carbonyl (C=O) groups excluding carboxylic acids is 2. The van der Waals surface area contributed by atoms with E-state index in [1.54, 1.807) is 36.4 Å². The first kappa shape index (κ1) is 24.7. The van der Waals surface area contributed by atoms with Crippen LogP contribution in [0.5, 0.6) is 5.75 Å². The summed E-state index contributed by atoms with van der Waals surface area (Å²) in [5.41, 5.74) is 2.25. The molecule has 1 aliphatic rings. The summed E-state index contributed by atoms with van der Waals surface area (Å²) < 4.78 is 5.59. The number of nitrogens with zero attached hydrogens (tertiary/aromatic N) is 2. The topological polar surface area (TPSA) is 61.9 Å². The summed E-state index contributed by atoms with van der Waals surface area (Å²) in [6.07, 6.45) is 0.881. The number of rotatable bonds is 9. The van der Waals surface area contributed by atoms with Crippen LogP contribution in [0.4, 0.5) is 11.4 Å². The van der Waals surface area contributed by atoms with Gasteiger partial charge in [-0.25, -0.2) is 0 Å². The minimum atomic E-state index is -0.731. The molecule has 3 aromatic carbocycles. The second-order valence-corrected chi connectivity index (χ2v) is 8.99. The molecule has 1 atom stereocenters. The lowest BCUT2D eigenvalue weighted by Crippen LogP contribution is -2.37. The number of nitrogens with one attached hydrogen (secondary N) is 1. The molecule has 1 unspecified atom stereocenters. The fourth-order valence-corrected chi connectivity index (χ4v) is 4.38. The lowest BCUT2D eigenvalue weighted by Gasteiger charge is -2.24. The molecule has 1 N–H and O–H groups in total. The Balaban J connectivity index is 1.52. The average Bonchev–Trinajstić information content (AvgIpc) is 3.08. The van der Waals surface area contributed by atoms with Crippen LogP contribution in [0.2, 0.25) is 5.02 Å². The molecule has 1 aliphatic heterocycles. The number of carbonyl (C=O) groups is 2. The molecule has 0 saturated carbocycles. The molecule has 4 rings (SSSR count). The first-order chi connectivity index (χ1) is 17.0. The number of thiocarbonyl (C=S) groups is 1. The van der Waals surface area contributed by atoms with Gasteiger partial charge in [0, 0.05) is 17.3 Å². The molecule has 0 aromatic heterocycles. The fraction of sp³-hybridized carbons (Fsp3) is 0.222. The third-order valence-electron chi connectivity index (χ3n) is 5.59. The summed E-state index contributed by atoms with van der Waals surface area (Å²) in [5.74, 6) is 0.227. The molecule has 6 nitrogen and oxygen atoms in total. The predicted molar refractivity (Wildman–Crippen MR) is 143 cm³/mol. The Hall–Kier alpha value is -3.42. The molecule has 1 fully saturated rings. The third-order valence-corrected chi connectivity index (χ3v) is 6.26. The van der Waals surface area contributed by atoms with Crippen LogP contribution in [-0.2, 0) is 16.1 Å². The first-order valence-corrected chi connectivity index (χ1v) is 12.2. The summed E-state index contributed by atoms with van der Waals surface area (Å²) in [7, 11) is 0. The Morgan fingerprint density at radius 1 is 1.03 bits per heavy atom. The second-order valence-electron chi connectivity index (χ2n) is 8.19. The minimum absolute atomic E-state index is 0.0377. The molecule has 0 spiro atoms. The Morgan fingerprint density at radius 3 is 2.37 bits per heavy atom. The predicted octanol–water partition coefficient (Wildman–Crippen LogP) is 5.66. The molecule has 3 aromatic rings. The van der Waals surface area contributed by atoms with Crippen molar-refractivity contribution in [2.24, 2.45) is 0 Å². The van der Waals surface area contributed by atoms with Crippen LogP contribution in [0.15, 0.2) is 78.9 Å². The number of anilines is 2. The summed E-state index contributed by atoms with van der Waals surface area (Å²) in [6.45, 7) is 3.09. The van der Waals surface area contributed by atoms with Crippen molar-refractivity contribution in [2.45, 2.75) is 32.4 Å². The molecule has 0 aliphatic carbocycles. The Bertz CT molecular complexity index is 1190. The van der Waals surface area contributed by atoms with Crippen LogP contribution in [0, 0.1) is 0 Å². The summed E-state index contributed by atoms with van der Waals surface area (Å²) >= 11 is 11.7. The number of benzene rings is 3. The van der Waals surface area contributed by atoms with E-state index in [-0.39, 0.29) is 18.2 Å². The molecular formula is C27H26ClN3O3S. The summed E-state index contributed by atoms with van der Waals surface area (Å²) in [4.78, 5) is 29.8. The highest BCUT2D eigenvalue weighted by atomic mass is 35.5. The monoisotopic (exact) mass is 507 g/mol. The smallest absolute Gasteiger partial charge is 0.256 e. The third kappa shape index (κ3) is 5.99.